The molecule has 0 fully saturated rings. The van der Waals surface area contributed by atoms with E-state index in [0.717, 1.165) is 44.3 Å². The van der Waals surface area contributed by atoms with E-state index in [-0.39, 0.29) is 0 Å². The van der Waals surface area contributed by atoms with Gasteiger partial charge in [0.05, 0.1) is 33.2 Å². The topological polar surface area (TPSA) is 51.6 Å². The van der Waals surface area contributed by atoms with Crippen molar-refractivity contribution in [1.29, 1.82) is 0 Å². The molecule has 18 aromatic rings. The van der Waals surface area contributed by atoms with Crippen LogP contribution in [-0.2, 0) is 0 Å². The average Bonchev–Trinajstić information content (AvgIpc) is 1.61. The van der Waals surface area contributed by atoms with E-state index in [0.29, 0.717) is 0 Å². The van der Waals surface area contributed by atoms with Crippen molar-refractivity contribution < 1.29 is 0 Å². The van der Waals surface area contributed by atoms with Crippen LogP contribution < -0.4 is 0 Å². The molecule has 14 heteroatoms. The molecule has 4 nitrogen and oxygen atoms in total. The Morgan fingerprint density at radius 2 is 0.500 bits per heavy atom. The third-order valence-electron chi connectivity index (χ3n) is 17.5. The quantitative estimate of drug-likeness (QED) is 0.109. The number of hydrogen-bond acceptors (Lipinski definition) is 14. The Balaban J connectivity index is 0.000000152. The monoisotopic (exact) mass is 1440 g/mol. The first-order valence-electron chi connectivity index (χ1n) is 32.0. The molecule has 0 aliphatic heterocycles. The number of aryl methyl sites for hydroxylation is 4. The molecule has 0 unspecified atom stereocenters. The first-order valence-corrected chi connectivity index (χ1v) is 40.0. The maximum absolute atomic E-state index is 4.92. The second-order valence-corrected chi connectivity index (χ2v) is 34.1. The van der Waals surface area contributed by atoms with Crippen LogP contribution in [0.4, 0.5) is 0 Å². The molecule has 0 aliphatic rings. The van der Waals surface area contributed by atoms with Gasteiger partial charge < -0.3 is 0 Å². The molecule has 0 amide bonds. The van der Waals surface area contributed by atoms with Gasteiger partial charge in [-0.3, -0.25) is 0 Å². The van der Waals surface area contributed by atoms with Crippen molar-refractivity contribution in [3.05, 3.63) is 286 Å². The molecule has 18 rings (SSSR count). The third-order valence-corrected chi connectivity index (χ3v) is 28.1. The zero-order valence-electron chi connectivity index (χ0n) is 53.3. The second-order valence-electron chi connectivity index (χ2n) is 23.8. The number of nitrogens with zero attached hydrogens (tertiary/aromatic N) is 4. The van der Waals surface area contributed by atoms with Crippen molar-refractivity contribution in [3.8, 4) is 148 Å². The van der Waals surface area contributed by atoms with Crippen LogP contribution in [0.25, 0.3) is 170 Å². The maximum atomic E-state index is 4.92. The maximum Gasteiger partial charge on any atom is 0.114 e. The molecule has 472 valence electrons. The van der Waals surface area contributed by atoms with Crippen molar-refractivity contribution in [2.24, 2.45) is 0 Å². The number of rotatable bonds is 14. The van der Waals surface area contributed by atoms with Gasteiger partial charge in [-0.15, -0.1) is 90.7 Å². The molecular formula is C84H56N4S10. The average molecular weight is 1440 g/mol. The molecule has 0 saturated heterocycles. The fourth-order valence-electron chi connectivity index (χ4n) is 13.0. The Morgan fingerprint density at radius 3 is 0.837 bits per heavy atom. The zero-order chi connectivity index (χ0) is 65.8. The van der Waals surface area contributed by atoms with E-state index in [9.17, 15) is 0 Å². The summed E-state index contributed by atoms with van der Waals surface area (Å²) in [6.45, 7) is 8.84. The Labute approximate surface area is 609 Å². The predicted octanol–water partition coefficient (Wildman–Crippen LogP) is 28.4. The van der Waals surface area contributed by atoms with Crippen LogP contribution in [0.5, 0.6) is 0 Å². The summed E-state index contributed by atoms with van der Waals surface area (Å²) >= 11 is 17.4. The minimum absolute atomic E-state index is 0.963. The van der Waals surface area contributed by atoms with Gasteiger partial charge >= 0.3 is 0 Å². The van der Waals surface area contributed by atoms with E-state index < -0.39 is 0 Å². The van der Waals surface area contributed by atoms with Crippen molar-refractivity contribution in [2.45, 2.75) is 27.7 Å². The van der Waals surface area contributed by atoms with Crippen LogP contribution in [-0.4, -0.2) is 17.5 Å². The van der Waals surface area contributed by atoms with Crippen LogP contribution in [0.2, 0.25) is 0 Å². The number of fused-ring (bicyclic) bond motifs is 2. The Hall–Kier alpha value is -9.00. The van der Waals surface area contributed by atoms with E-state index in [1.54, 1.807) is 0 Å². The van der Waals surface area contributed by atoms with Crippen molar-refractivity contribution in [3.63, 3.8) is 0 Å². The SMILES string of the molecule is Cc1ccc(-c2cc(-c3ccccc3)c(-c3ccc(-c4sc(-c5ccc(C)s5)cc4-c4ccccc4)c4nsnc34)s2)s1.Cc1sc(-c2ccc(-c3ccc(-c4ccc(-c5sc(C)c(-c6ccccc6)c5-c5ccccc5)s4)c4nsnc34)s2)c(-c2ccccc2)c1-c1ccccc1. The van der Waals surface area contributed by atoms with Crippen LogP contribution >= 0.6 is 114 Å². The largest absolute Gasteiger partial charge is 0.172 e. The zero-order valence-corrected chi connectivity index (χ0v) is 61.4. The Morgan fingerprint density at radius 1 is 0.204 bits per heavy atom. The summed E-state index contributed by atoms with van der Waals surface area (Å²) in [5, 5.41) is 0. The summed E-state index contributed by atoms with van der Waals surface area (Å²) in [4.78, 5) is 20.5. The number of benzene rings is 8. The first-order chi connectivity index (χ1) is 48.2. The number of aromatic nitrogens is 4. The second kappa shape index (κ2) is 27.0. The van der Waals surface area contributed by atoms with Gasteiger partial charge in [0.1, 0.15) is 22.1 Å². The van der Waals surface area contributed by atoms with E-state index in [4.69, 9.17) is 17.5 Å². The van der Waals surface area contributed by atoms with Crippen LogP contribution in [0, 0.1) is 27.7 Å². The fraction of sp³-hybridized carbons (Fsp3) is 0.0476. The molecule has 0 N–H and O–H groups in total. The first kappa shape index (κ1) is 62.5. The lowest BCUT2D eigenvalue weighted by Crippen LogP contribution is -1.86. The predicted molar refractivity (Wildman–Crippen MR) is 433 cm³/mol. The van der Waals surface area contributed by atoms with Crippen molar-refractivity contribution in [2.75, 3.05) is 0 Å². The molecule has 10 heterocycles. The van der Waals surface area contributed by atoms with Gasteiger partial charge in [0.15, 0.2) is 0 Å². The lowest BCUT2D eigenvalue weighted by atomic mass is 9.95. The summed E-state index contributed by atoms with van der Waals surface area (Å²) in [7, 11) is 0. The van der Waals surface area contributed by atoms with E-state index in [1.807, 2.05) is 90.7 Å². The number of hydrogen-bond donors (Lipinski definition) is 0. The van der Waals surface area contributed by atoms with Crippen LogP contribution in [0.15, 0.2) is 267 Å². The highest BCUT2D eigenvalue weighted by atomic mass is 32.1. The molecule has 8 aromatic carbocycles. The lowest BCUT2D eigenvalue weighted by molar-refractivity contribution is 1.57. The molecule has 10 aromatic heterocycles. The standard InChI is InChI=1S/C48H32N2S5.C36H24N2S5/c1-29-41(31-15-7-3-8-16-31)43(33-19-11-5-12-20-33)47(51-29)39-27-25-37(53-39)35-23-24-36(46-45(35)49-55-50-46)38-26-28-40(54-38)48-44(34-21-13-6-14-22-34)42(30(2)52-48)32-17-9-4-10-18-32;1-21-13-17-29(39-21)31-19-27(23-9-5-3-6-10-23)35(41-31)25-15-16-26(34-33(25)37-43-38-34)36-28(24-11-7-4-8-12-24)20-32(42-36)30-18-14-22(2)40-30/h3-28H,1-2H3;3-20H,1-2H3. The smallest absolute Gasteiger partial charge is 0.114 e. The van der Waals surface area contributed by atoms with Crippen molar-refractivity contribution >= 4 is 136 Å². The van der Waals surface area contributed by atoms with Gasteiger partial charge in [0.2, 0.25) is 0 Å². The highest BCUT2D eigenvalue weighted by Gasteiger charge is 2.27. The van der Waals surface area contributed by atoms with Crippen molar-refractivity contribution in [1.82, 2.24) is 17.5 Å². The van der Waals surface area contributed by atoms with Gasteiger partial charge in [-0.2, -0.15) is 17.5 Å². The summed E-state index contributed by atoms with van der Waals surface area (Å²) in [6.07, 6.45) is 0. The van der Waals surface area contributed by atoms with Gasteiger partial charge in [-0.1, -0.05) is 206 Å². The normalized spacial score (nSPS) is 11.5. The van der Waals surface area contributed by atoms with Gasteiger partial charge in [0.25, 0.3) is 0 Å². The van der Waals surface area contributed by atoms with E-state index in [1.165, 1.54) is 168 Å². The molecule has 0 radical (unpaired) electrons. The highest BCUT2D eigenvalue weighted by molar-refractivity contribution is 7.26. The third kappa shape index (κ3) is 11.9. The van der Waals surface area contributed by atoms with Gasteiger partial charge in [0, 0.05) is 124 Å². The summed E-state index contributed by atoms with van der Waals surface area (Å²) in [5.41, 5.74) is 23.6. The van der Waals surface area contributed by atoms with Crippen LogP contribution in [0.3, 0.4) is 0 Å². The fourth-order valence-corrected chi connectivity index (χ4v) is 23.2. The molecule has 98 heavy (non-hydrogen) atoms. The molecule has 0 saturated carbocycles. The Kier molecular flexibility index (Phi) is 17.2. The molecule has 0 spiro atoms. The van der Waals surface area contributed by atoms with Gasteiger partial charge in [-0.05, 0) is 122 Å². The van der Waals surface area contributed by atoms with E-state index in [2.05, 4.69) is 295 Å². The molecular weight excluding hydrogens is 1390 g/mol. The highest BCUT2D eigenvalue weighted by Crippen LogP contribution is 2.55. The molecule has 0 bridgehead atoms. The summed E-state index contributed by atoms with van der Waals surface area (Å²) < 4.78 is 19.6. The molecule has 0 atom stereocenters. The van der Waals surface area contributed by atoms with E-state index >= 15 is 0 Å². The van der Waals surface area contributed by atoms with Crippen LogP contribution in [0.1, 0.15) is 19.5 Å². The summed E-state index contributed by atoms with van der Waals surface area (Å²) in [6, 6.07) is 96.4. The lowest BCUT2D eigenvalue weighted by Gasteiger charge is -2.09. The Bertz CT molecular complexity index is 5500. The minimum Gasteiger partial charge on any atom is -0.172 e. The van der Waals surface area contributed by atoms with Gasteiger partial charge in [-0.25, -0.2) is 0 Å². The summed E-state index contributed by atoms with van der Waals surface area (Å²) in [5.74, 6) is 0. The molecule has 0 aliphatic carbocycles. The number of thiophene rings is 8. The minimum atomic E-state index is 0.963.